The van der Waals surface area contributed by atoms with Crippen LogP contribution in [0.3, 0.4) is 0 Å². The van der Waals surface area contributed by atoms with E-state index in [0.717, 1.165) is 5.92 Å². The standard InChI is InChI=1S/C10H14I.BF4/c1-8(2)7-9-3-5-10(11)6-4-9;2-1(3,4)5/h3-6,8,11H,7H2,1-2H3;/q+1;-1. The molecule has 0 saturated carbocycles. The highest BCUT2D eigenvalue weighted by Gasteiger charge is 2.20. The van der Waals surface area contributed by atoms with Crippen LogP contribution >= 0.6 is 0 Å². The molecule has 0 aromatic heterocycles. The Bertz CT molecular complexity index is 289. The van der Waals surface area contributed by atoms with E-state index in [9.17, 15) is 17.3 Å². The Kier molecular flexibility index (Phi) is 7.02. The van der Waals surface area contributed by atoms with Crippen molar-refractivity contribution < 1.29 is 39.9 Å². The normalized spacial score (nSPS) is 11.0. The number of rotatable bonds is 2. The van der Waals surface area contributed by atoms with E-state index in [1.807, 2.05) is 0 Å². The number of hydrogen-bond donors (Lipinski definition) is 0. The SMILES string of the molecule is CC(C)Cc1ccc([IH+])cc1.F[B-](F)(F)F. The lowest BCUT2D eigenvalue weighted by atomic mass is 10.0. The van der Waals surface area contributed by atoms with Gasteiger partial charge in [-0.2, -0.15) is 0 Å². The molecule has 0 aliphatic heterocycles. The molecule has 0 unspecified atom stereocenters. The maximum atomic E-state index is 9.75. The van der Waals surface area contributed by atoms with E-state index in [4.69, 9.17) is 0 Å². The van der Waals surface area contributed by atoms with Crippen LogP contribution in [0, 0.1) is 9.49 Å². The van der Waals surface area contributed by atoms with E-state index in [2.05, 4.69) is 60.7 Å². The molecule has 0 nitrogen and oxygen atoms in total. The largest absolute Gasteiger partial charge is 0.673 e. The zero-order valence-corrected chi connectivity index (χ0v) is 11.4. The summed E-state index contributed by atoms with van der Waals surface area (Å²) in [5.74, 6) is 0.763. The number of benzene rings is 1. The monoisotopic (exact) mass is 348 g/mol. The Morgan fingerprint density at radius 1 is 1.06 bits per heavy atom. The fourth-order valence-corrected chi connectivity index (χ4v) is 1.49. The van der Waals surface area contributed by atoms with Crippen molar-refractivity contribution in [1.29, 1.82) is 0 Å². The van der Waals surface area contributed by atoms with Crippen LogP contribution in [-0.2, 0) is 6.42 Å². The van der Waals surface area contributed by atoms with E-state index in [1.54, 1.807) is 0 Å². The van der Waals surface area contributed by atoms with E-state index < -0.39 is 7.25 Å². The van der Waals surface area contributed by atoms with Crippen molar-refractivity contribution in [2.24, 2.45) is 5.92 Å². The van der Waals surface area contributed by atoms with Crippen LogP contribution in [0.15, 0.2) is 24.3 Å². The molecule has 0 aliphatic carbocycles. The van der Waals surface area contributed by atoms with E-state index in [0.29, 0.717) is 0 Å². The van der Waals surface area contributed by atoms with Gasteiger partial charge in [-0.25, -0.2) is 0 Å². The van der Waals surface area contributed by atoms with Gasteiger partial charge < -0.3 is 17.3 Å². The van der Waals surface area contributed by atoms with Crippen LogP contribution in [0.4, 0.5) is 17.3 Å². The van der Waals surface area contributed by atoms with Gasteiger partial charge in [-0.15, -0.1) is 0 Å². The van der Waals surface area contributed by atoms with Gasteiger partial charge in [-0.05, 0) is 30.0 Å². The van der Waals surface area contributed by atoms with Gasteiger partial charge in [0.1, 0.15) is 0 Å². The third-order valence-corrected chi connectivity index (χ3v) is 2.34. The van der Waals surface area contributed by atoms with Gasteiger partial charge in [-0.1, -0.05) is 26.0 Å². The zero-order valence-electron chi connectivity index (χ0n) is 9.09. The fraction of sp³-hybridized carbons (Fsp3) is 0.400. The summed E-state index contributed by atoms with van der Waals surface area (Å²) in [4.78, 5) is 0. The Morgan fingerprint density at radius 2 is 1.44 bits per heavy atom. The maximum Gasteiger partial charge on any atom is 0.673 e. The fourth-order valence-electron chi connectivity index (χ4n) is 1.10. The van der Waals surface area contributed by atoms with E-state index in [-0.39, 0.29) is 0 Å². The van der Waals surface area contributed by atoms with Crippen molar-refractivity contribution in [3.63, 3.8) is 0 Å². The van der Waals surface area contributed by atoms with Crippen LogP contribution in [0.2, 0.25) is 0 Å². The average Bonchev–Trinajstić information content (AvgIpc) is 2.05. The third kappa shape index (κ3) is 11.8. The molecule has 0 heterocycles. The van der Waals surface area contributed by atoms with E-state index >= 15 is 0 Å². The van der Waals surface area contributed by atoms with Crippen molar-refractivity contribution in [2.45, 2.75) is 20.3 Å². The van der Waals surface area contributed by atoms with Crippen molar-refractivity contribution in [3.05, 3.63) is 33.4 Å². The minimum absolute atomic E-state index is 0.763. The predicted molar refractivity (Wildman–Crippen MR) is 55.3 cm³/mol. The van der Waals surface area contributed by atoms with E-state index in [1.165, 1.54) is 15.6 Å². The first-order valence-corrected chi connectivity index (χ1v) is 5.98. The molecular weight excluding hydrogens is 334 g/mol. The molecule has 0 N–H and O–H groups in total. The zero-order chi connectivity index (χ0) is 12.8. The lowest BCUT2D eigenvalue weighted by molar-refractivity contribution is -0.328. The molecule has 1 rings (SSSR count). The molecule has 0 aliphatic rings. The highest BCUT2D eigenvalue weighted by molar-refractivity contribution is 6.50. The summed E-state index contributed by atoms with van der Waals surface area (Å²) in [6.45, 7) is 4.50. The highest BCUT2D eigenvalue weighted by Crippen LogP contribution is 2.07. The van der Waals surface area contributed by atoms with Crippen LogP contribution in [0.1, 0.15) is 19.4 Å². The lowest BCUT2D eigenvalue weighted by Gasteiger charge is -2.02. The molecule has 16 heavy (non-hydrogen) atoms. The molecule has 0 radical (unpaired) electrons. The molecule has 0 fully saturated rings. The maximum absolute atomic E-state index is 9.75. The molecule has 0 amide bonds. The number of halogens is 5. The molecule has 0 saturated heterocycles. The first kappa shape index (κ1) is 15.7. The summed E-state index contributed by atoms with van der Waals surface area (Å²) in [5, 5.41) is 0. The van der Waals surface area contributed by atoms with Gasteiger partial charge in [0, 0.05) is 0 Å². The molecule has 0 atom stereocenters. The summed E-state index contributed by atoms with van der Waals surface area (Å²) in [5.41, 5.74) is 1.45. The first-order chi connectivity index (χ1) is 7.18. The molecule has 1 aromatic rings. The van der Waals surface area contributed by atoms with Crippen molar-refractivity contribution >= 4 is 7.25 Å². The first-order valence-electron chi connectivity index (χ1n) is 4.81. The minimum atomic E-state index is -6.00. The van der Waals surface area contributed by atoms with Gasteiger partial charge in [0.15, 0.2) is 3.57 Å². The third-order valence-electron chi connectivity index (χ3n) is 1.57. The summed E-state index contributed by atoms with van der Waals surface area (Å²) >= 11 is 2.06. The second-order valence-corrected chi connectivity index (χ2v) is 5.08. The molecule has 0 bridgehead atoms. The van der Waals surface area contributed by atoms with Crippen molar-refractivity contribution in [3.8, 4) is 0 Å². The summed E-state index contributed by atoms with van der Waals surface area (Å²) in [7, 11) is -6.00. The van der Waals surface area contributed by atoms with Gasteiger partial charge in [0.2, 0.25) is 0 Å². The van der Waals surface area contributed by atoms with Crippen molar-refractivity contribution in [1.82, 2.24) is 0 Å². The quantitative estimate of drug-likeness (QED) is 0.418. The van der Waals surface area contributed by atoms with Crippen molar-refractivity contribution in [2.75, 3.05) is 0 Å². The van der Waals surface area contributed by atoms with Crippen LogP contribution < -0.4 is 22.6 Å². The molecule has 1 aromatic carbocycles. The van der Waals surface area contributed by atoms with Crippen LogP contribution in [-0.4, -0.2) is 7.25 Å². The molecular formula is C10H14BF4I. The van der Waals surface area contributed by atoms with Crippen LogP contribution in [0.25, 0.3) is 0 Å². The number of hydrogen-bond acceptors (Lipinski definition) is 0. The van der Waals surface area contributed by atoms with Gasteiger partial charge in [0.05, 0.1) is 0 Å². The summed E-state index contributed by atoms with van der Waals surface area (Å²) < 4.78 is 40.4. The lowest BCUT2D eigenvalue weighted by Crippen LogP contribution is -3.34. The molecule has 6 heteroatoms. The minimum Gasteiger partial charge on any atom is -0.418 e. The van der Waals surface area contributed by atoms with Gasteiger partial charge >= 0.3 is 7.25 Å². The summed E-state index contributed by atoms with van der Waals surface area (Å²) in [6.07, 6.45) is 1.20. The highest BCUT2D eigenvalue weighted by atomic mass is 127. The second-order valence-electron chi connectivity index (χ2n) is 3.74. The smallest absolute Gasteiger partial charge is 0.418 e. The predicted octanol–water partition coefficient (Wildman–Crippen LogP) is 0.640. The second kappa shape index (κ2) is 7.14. The Labute approximate surface area is 107 Å². The molecule has 0 spiro atoms. The topological polar surface area (TPSA) is 0 Å². The summed E-state index contributed by atoms with van der Waals surface area (Å²) in [6, 6.07) is 8.81. The Hall–Kier alpha value is -0.265. The van der Waals surface area contributed by atoms with Gasteiger partial charge in [0.25, 0.3) is 22.6 Å². The Morgan fingerprint density at radius 3 is 1.75 bits per heavy atom. The van der Waals surface area contributed by atoms with Crippen LogP contribution in [0.5, 0.6) is 0 Å². The molecule has 92 valence electrons. The Balaban J connectivity index is 0.000000385. The van der Waals surface area contributed by atoms with Gasteiger partial charge in [-0.3, -0.25) is 0 Å². The average molecular weight is 348 g/mol.